The number of hydrogen-bond donors (Lipinski definition) is 2. The Kier molecular flexibility index (Phi) is 4.50. The third-order valence-corrected chi connectivity index (χ3v) is 4.80. The highest BCUT2D eigenvalue weighted by Gasteiger charge is 2.19. The van der Waals surface area contributed by atoms with Crippen LogP contribution in [0.2, 0.25) is 0 Å². The van der Waals surface area contributed by atoms with Gasteiger partial charge in [0.05, 0.1) is 25.5 Å². The van der Waals surface area contributed by atoms with Crippen molar-refractivity contribution in [2.45, 2.75) is 27.3 Å². The van der Waals surface area contributed by atoms with Crippen molar-refractivity contribution in [1.82, 2.24) is 15.3 Å². The molecule has 0 atom stereocenters. The Morgan fingerprint density at radius 2 is 1.95 bits per heavy atom. The van der Waals surface area contributed by atoms with Crippen molar-refractivity contribution < 1.29 is 4.74 Å². The monoisotopic (exact) mass is 337 g/mol. The van der Waals surface area contributed by atoms with E-state index in [1.54, 1.807) is 7.11 Å². The fourth-order valence-electron chi connectivity index (χ4n) is 2.41. The molecular formula is C15H20BrN3O. The van der Waals surface area contributed by atoms with Crippen LogP contribution in [0.15, 0.2) is 10.7 Å². The molecule has 1 aromatic carbocycles. The maximum atomic E-state index is 5.63. The highest BCUT2D eigenvalue weighted by molar-refractivity contribution is 9.10. The number of rotatable bonds is 4. The number of halogens is 1. The molecule has 0 aliphatic heterocycles. The zero-order chi connectivity index (χ0) is 14.9. The van der Waals surface area contributed by atoms with Gasteiger partial charge in [-0.05, 0) is 44.5 Å². The number of aromatic amines is 1. The number of imidazole rings is 1. The molecule has 0 saturated heterocycles. The van der Waals surface area contributed by atoms with Gasteiger partial charge in [0.2, 0.25) is 0 Å². The van der Waals surface area contributed by atoms with Gasteiger partial charge in [0.25, 0.3) is 0 Å². The summed E-state index contributed by atoms with van der Waals surface area (Å²) in [4.78, 5) is 7.74. The van der Waals surface area contributed by atoms with Gasteiger partial charge in [-0.3, -0.25) is 0 Å². The molecule has 0 aliphatic rings. The summed E-state index contributed by atoms with van der Waals surface area (Å²) < 4.78 is 6.75. The maximum absolute atomic E-state index is 5.63. The van der Waals surface area contributed by atoms with Gasteiger partial charge in [0.15, 0.2) is 0 Å². The lowest BCUT2D eigenvalue weighted by Crippen LogP contribution is -2.06. The van der Waals surface area contributed by atoms with E-state index in [1.165, 1.54) is 5.56 Å². The standard InChI is InChI=1S/C15H20BrN3O/c1-8-9(2)15(20-5)13(10(3)14(8)16)11-6-18-12(19-11)7-17-4/h6,17H,7H2,1-5H3,(H,18,19). The predicted molar refractivity (Wildman–Crippen MR) is 85.3 cm³/mol. The molecule has 0 radical (unpaired) electrons. The molecule has 0 saturated carbocycles. The van der Waals surface area contributed by atoms with E-state index in [9.17, 15) is 0 Å². The molecule has 4 nitrogen and oxygen atoms in total. The van der Waals surface area contributed by atoms with Crippen molar-refractivity contribution >= 4 is 15.9 Å². The Balaban J connectivity index is 2.65. The fourth-order valence-corrected chi connectivity index (χ4v) is 2.91. The number of nitrogens with one attached hydrogen (secondary N) is 2. The number of nitrogens with zero attached hydrogens (tertiary/aromatic N) is 1. The van der Waals surface area contributed by atoms with Crippen molar-refractivity contribution in [3.05, 3.63) is 33.2 Å². The van der Waals surface area contributed by atoms with Crippen LogP contribution in [-0.4, -0.2) is 24.1 Å². The summed E-state index contributed by atoms with van der Waals surface area (Å²) in [5.74, 6) is 1.82. The number of ether oxygens (including phenoxy) is 1. The van der Waals surface area contributed by atoms with Crippen molar-refractivity contribution in [3.63, 3.8) is 0 Å². The number of methoxy groups -OCH3 is 1. The lowest BCUT2D eigenvalue weighted by Gasteiger charge is -2.18. The third-order valence-electron chi connectivity index (χ3n) is 3.61. The zero-order valence-electron chi connectivity index (χ0n) is 12.5. The molecule has 0 bridgehead atoms. The van der Waals surface area contributed by atoms with E-state index in [4.69, 9.17) is 4.74 Å². The van der Waals surface area contributed by atoms with Crippen molar-refractivity contribution in [2.24, 2.45) is 0 Å². The van der Waals surface area contributed by atoms with Gasteiger partial charge < -0.3 is 15.0 Å². The van der Waals surface area contributed by atoms with Crippen LogP contribution in [0.3, 0.4) is 0 Å². The van der Waals surface area contributed by atoms with Gasteiger partial charge in [-0.25, -0.2) is 4.98 Å². The lowest BCUT2D eigenvalue weighted by molar-refractivity contribution is 0.412. The van der Waals surface area contributed by atoms with Crippen molar-refractivity contribution in [2.75, 3.05) is 14.2 Å². The number of benzene rings is 1. The van der Waals surface area contributed by atoms with Crippen molar-refractivity contribution in [1.29, 1.82) is 0 Å². The largest absolute Gasteiger partial charge is 0.496 e. The molecule has 0 fully saturated rings. The molecule has 2 N–H and O–H groups in total. The molecule has 0 unspecified atom stereocenters. The molecule has 5 heteroatoms. The van der Waals surface area contributed by atoms with Crippen LogP contribution in [-0.2, 0) is 6.54 Å². The quantitative estimate of drug-likeness (QED) is 0.897. The SMILES string of the molecule is CNCc1ncc(-c2c(C)c(Br)c(C)c(C)c2OC)[nH]1. The van der Waals surface area contributed by atoms with Crippen LogP contribution in [0.25, 0.3) is 11.3 Å². The van der Waals surface area contributed by atoms with E-state index >= 15 is 0 Å². The predicted octanol–water partition coefficient (Wildman–Crippen LogP) is 3.49. The molecule has 2 rings (SSSR count). The smallest absolute Gasteiger partial charge is 0.131 e. The molecule has 0 spiro atoms. The van der Waals surface area contributed by atoms with Gasteiger partial charge in [-0.1, -0.05) is 15.9 Å². The van der Waals surface area contributed by atoms with Crippen LogP contribution in [0, 0.1) is 20.8 Å². The highest BCUT2D eigenvalue weighted by Crippen LogP contribution is 2.41. The molecule has 1 aromatic heterocycles. The van der Waals surface area contributed by atoms with Gasteiger partial charge in [-0.15, -0.1) is 0 Å². The van der Waals surface area contributed by atoms with E-state index in [0.29, 0.717) is 6.54 Å². The molecule has 0 amide bonds. The molecular weight excluding hydrogens is 318 g/mol. The zero-order valence-corrected chi connectivity index (χ0v) is 14.1. The van der Waals surface area contributed by atoms with Gasteiger partial charge >= 0.3 is 0 Å². The second-order valence-electron chi connectivity index (χ2n) is 4.87. The van der Waals surface area contributed by atoms with E-state index in [0.717, 1.165) is 38.4 Å². The number of H-pyrrole nitrogens is 1. The summed E-state index contributed by atoms with van der Waals surface area (Å²) in [6.07, 6.45) is 1.86. The summed E-state index contributed by atoms with van der Waals surface area (Å²) in [6, 6.07) is 0. The minimum absolute atomic E-state index is 0.716. The number of aromatic nitrogens is 2. The first-order chi connectivity index (χ1) is 9.51. The Bertz CT molecular complexity index is 635. The minimum Gasteiger partial charge on any atom is -0.496 e. The summed E-state index contributed by atoms with van der Waals surface area (Å²) in [7, 11) is 3.62. The average molecular weight is 338 g/mol. The second-order valence-corrected chi connectivity index (χ2v) is 5.66. The molecule has 2 aromatic rings. The molecule has 20 heavy (non-hydrogen) atoms. The minimum atomic E-state index is 0.716. The van der Waals surface area contributed by atoms with Crippen LogP contribution in [0.5, 0.6) is 5.75 Å². The van der Waals surface area contributed by atoms with Gasteiger partial charge in [0.1, 0.15) is 11.6 Å². The molecule has 1 heterocycles. The highest BCUT2D eigenvalue weighted by atomic mass is 79.9. The second kappa shape index (κ2) is 5.97. The lowest BCUT2D eigenvalue weighted by atomic mass is 9.97. The van der Waals surface area contributed by atoms with Crippen LogP contribution < -0.4 is 10.1 Å². The first-order valence-corrected chi connectivity index (χ1v) is 7.32. The van der Waals surface area contributed by atoms with Crippen LogP contribution >= 0.6 is 15.9 Å². The van der Waals surface area contributed by atoms with Gasteiger partial charge in [-0.2, -0.15) is 0 Å². The Hall–Kier alpha value is -1.33. The Morgan fingerprint density at radius 1 is 1.25 bits per heavy atom. The summed E-state index contributed by atoms with van der Waals surface area (Å²) in [6.45, 7) is 6.98. The maximum Gasteiger partial charge on any atom is 0.131 e. The fraction of sp³-hybridized carbons (Fsp3) is 0.400. The number of hydrogen-bond acceptors (Lipinski definition) is 3. The van der Waals surface area contributed by atoms with E-state index < -0.39 is 0 Å². The first kappa shape index (κ1) is 15.1. The van der Waals surface area contributed by atoms with Crippen molar-refractivity contribution in [3.8, 4) is 17.0 Å². The topological polar surface area (TPSA) is 49.9 Å². The molecule has 0 aliphatic carbocycles. The normalized spacial score (nSPS) is 10.9. The van der Waals surface area contributed by atoms with Gasteiger partial charge in [0, 0.05) is 10.0 Å². The van der Waals surface area contributed by atoms with Crippen LogP contribution in [0.4, 0.5) is 0 Å². The van der Waals surface area contributed by atoms with E-state index in [-0.39, 0.29) is 0 Å². The van der Waals surface area contributed by atoms with Crippen LogP contribution in [0.1, 0.15) is 22.5 Å². The Morgan fingerprint density at radius 3 is 2.55 bits per heavy atom. The van der Waals surface area contributed by atoms with E-state index in [1.807, 2.05) is 13.2 Å². The Labute approximate surface area is 128 Å². The first-order valence-electron chi connectivity index (χ1n) is 6.53. The third kappa shape index (κ3) is 2.47. The summed E-state index contributed by atoms with van der Waals surface area (Å²) in [5.41, 5.74) is 5.55. The summed E-state index contributed by atoms with van der Waals surface area (Å²) >= 11 is 3.68. The summed E-state index contributed by atoms with van der Waals surface area (Å²) in [5, 5.41) is 3.09. The average Bonchev–Trinajstić information content (AvgIpc) is 2.89. The van der Waals surface area contributed by atoms with E-state index in [2.05, 4.69) is 52.0 Å². The molecule has 108 valence electrons.